The van der Waals surface area contributed by atoms with Crippen molar-refractivity contribution in [3.05, 3.63) is 72.6 Å². The first-order chi connectivity index (χ1) is 14.9. The molecule has 9 heteroatoms. The van der Waals surface area contributed by atoms with Gasteiger partial charge >= 0.3 is 0 Å². The second kappa shape index (κ2) is 9.94. The largest absolute Gasteiger partial charge is 0.493 e. The summed E-state index contributed by atoms with van der Waals surface area (Å²) in [5.41, 5.74) is 1.82. The third-order valence-corrected chi connectivity index (χ3v) is 5.85. The van der Waals surface area contributed by atoms with Crippen LogP contribution in [0, 0.1) is 0 Å². The number of benzene rings is 2. The minimum absolute atomic E-state index is 0.0830. The SMILES string of the molecule is COc1ccc(CCC(=O)Nc2ccc(S(=O)(=O)Nc3cccnc3)cc2)cc1OC. The number of anilines is 2. The summed E-state index contributed by atoms with van der Waals surface area (Å²) in [4.78, 5) is 16.2. The van der Waals surface area contributed by atoms with Gasteiger partial charge in [-0.1, -0.05) is 6.07 Å². The minimum atomic E-state index is -3.74. The molecule has 0 aliphatic carbocycles. The maximum absolute atomic E-state index is 12.4. The van der Waals surface area contributed by atoms with Crippen molar-refractivity contribution in [2.45, 2.75) is 17.7 Å². The number of methoxy groups -OCH3 is 2. The van der Waals surface area contributed by atoms with Gasteiger partial charge in [-0.25, -0.2) is 8.42 Å². The number of aromatic nitrogens is 1. The van der Waals surface area contributed by atoms with Crippen LogP contribution in [0.4, 0.5) is 11.4 Å². The predicted molar refractivity (Wildman–Crippen MR) is 118 cm³/mol. The third-order valence-electron chi connectivity index (χ3n) is 4.45. The molecular formula is C22H23N3O5S. The van der Waals surface area contributed by atoms with Crippen LogP contribution in [0.3, 0.4) is 0 Å². The smallest absolute Gasteiger partial charge is 0.261 e. The van der Waals surface area contributed by atoms with Gasteiger partial charge in [0.1, 0.15) is 0 Å². The van der Waals surface area contributed by atoms with E-state index in [1.54, 1.807) is 50.7 Å². The summed E-state index contributed by atoms with van der Waals surface area (Å²) in [5.74, 6) is 1.06. The van der Waals surface area contributed by atoms with Gasteiger partial charge in [-0.3, -0.25) is 14.5 Å². The third kappa shape index (κ3) is 5.95. The normalized spacial score (nSPS) is 10.9. The molecule has 1 heterocycles. The molecular weight excluding hydrogens is 418 g/mol. The molecule has 1 amide bonds. The van der Waals surface area contributed by atoms with E-state index in [-0.39, 0.29) is 17.2 Å². The zero-order valence-electron chi connectivity index (χ0n) is 17.2. The van der Waals surface area contributed by atoms with Gasteiger partial charge in [-0.2, -0.15) is 0 Å². The number of nitrogens with zero attached hydrogens (tertiary/aromatic N) is 1. The van der Waals surface area contributed by atoms with E-state index in [4.69, 9.17) is 9.47 Å². The lowest BCUT2D eigenvalue weighted by molar-refractivity contribution is -0.116. The summed E-state index contributed by atoms with van der Waals surface area (Å²) in [6.45, 7) is 0. The lowest BCUT2D eigenvalue weighted by atomic mass is 10.1. The molecule has 0 radical (unpaired) electrons. The molecule has 2 N–H and O–H groups in total. The van der Waals surface area contributed by atoms with Gasteiger partial charge in [-0.15, -0.1) is 0 Å². The van der Waals surface area contributed by atoms with Crippen LogP contribution in [-0.4, -0.2) is 33.5 Å². The van der Waals surface area contributed by atoms with E-state index in [2.05, 4.69) is 15.0 Å². The van der Waals surface area contributed by atoms with E-state index < -0.39 is 10.0 Å². The molecule has 0 aliphatic rings. The van der Waals surface area contributed by atoms with E-state index in [0.29, 0.717) is 29.3 Å². The molecule has 0 atom stereocenters. The van der Waals surface area contributed by atoms with E-state index in [1.807, 2.05) is 12.1 Å². The lowest BCUT2D eigenvalue weighted by Crippen LogP contribution is -2.14. The van der Waals surface area contributed by atoms with Crippen molar-refractivity contribution in [3.8, 4) is 11.5 Å². The number of amides is 1. The zero-order chi connectivity index (χ0) is 22.3. The first-order valence-corrected chi connectivity index (χ1v) is 10.9. The summed E-state index contributed by atoms with van der Waals surface area (Å²) in [5, 5.41) is 2.77. The Kier molecular flexibility index (Phi) is 7.09. The standard InChI is InChI=1S/C22H23N3O5S/c1-29-20-11-5-16(14-21(20)30-2)6-12-22(26)24-17-7-9-19(10-8-17)31(27,28)25-18-4-3-13-23-15-18/h3-5,7-11,13-15,25H,6,12H2,1-2H3,(H,24,26). The quantitative estimate of drug-likeness (QED) is 0.527. The van der Waals surface area contributed by atoms with Crippen LogP contribution in [-0.2, 0) is 21.2 Å². The van der Waals surface area contributed by atoms with Gasteiger partial charge in [0.25, 0.3) is 10.0 Å². The van der Waals surface area contributed by atoms with Crippen molar-refractivity contribution in [2.24, 2.45) is 0 Å². The molecule has 2 aromatic carbocycles. The van der Waals surface area contributed by atoms with Crippen molar-refractivity contribution in [3.63, 3.8) is 0 Å². The molecule has 0 aliphatic heterocycles. The van der Waals surface area contributed by atoms with Crippen LogP contribution in [0.25, 0.3) is 0 Å². The van der Waals surface area contributed by atoms with Crippen LogP contribution in [0.15, 0.2) is 71.9 Å². The number of nitrogens with one attached hydrogen (secondary N) is 2. The van der Waals surface area contributed by atoms with Crippen molar-refractivity contribution in [2.75, 3.05) is 24.3 Å². The molecule has 8 nitrogen and oxygen atoms in total. The highest BCUT2D eigenvalue weighted by Crippen LogP contribution is 2.28. The molecule has 1 aromatic heterocycles. The van der Waals surface area contributed by atoms with E-state index in [0.717, 1.165) is 5.56 Å². The van der Waals surface area contributed by atoms with Gasteiger partial charge in [0.2, 0.25) is 5.91 Å². The van der Waals surface area contributed by atoms with Crippen LogP contribution < -0.4 is 19.5 Å². The van der Waals surface area contributed by atoms with Crippen molar-refractivity contribution >= 4 is 27.3 Å². The average Bonchev–Trinajstić information content (AvgIpc) is 2.78. The van der Waals surface area contributed by atoms with Crippen molar-refractivity contribution < 1.29 is 22.7 Å². The zero-order valence-corrected chi connectivity index (χ0v) is 18.0. The summed E-state index contributed by atoms with van der Waals surface area (Å²) >= 11 is 0. The fourth-order valence-corrected chi connectivity index (χ4v) is 3.92. The molecule has 162 valence electrons. The summed E-state index contributed by atoms with van der Waals surface area (Å²) in [7, 11) is -0.616. The molecule has 0 unspecified atom stereocenters. The number of sulfonamides is 1. The van der Waals surface area contributed by atoms with Crippen LogP contribution in [0.1, 0.15) is 12.0 Å². The topological polar surface area (TPSA) is 107 Å². The van der Waals surface area contributed by atoms with Crippen LogP contribution in [0.2, 0.25) is 0 Å². The molecule has 0 fully saturated rings. The maximum Gasteiger partial charge on any atom is 0.261 e. The molecule has 0 bridgehead atoms. The number of hydrogen-bond acceptors (Lipinski definition) is 6. The van der Waals surface area contributed by atoms with Crippen LogP contribution in [0.5, 0.6) is 11.5 Å². The molecule has 0 spiro atoms. The van der Waals surface area contributed by atoms with Gasteiger partial charge < -0.3 is 14.8 Å². The number of carbonyl (C=O) groups excluding carboxylic acids is 1. The lowest BCUT2D eigenvalue weighted by Gasteiger charge is -2.10. The van der Waals surface area contributed by atoms with Gasteiger partial charge in [0.05, 0.1) is 31.0 Å². The Balaban J connectivity index is 1.57. The Morgan fingerprint density at radius 2 is 1.71 bits per heavy atom. The Bertz CT molecular complexity index is 1130. The second-order valence-electron chi connectivity index (χ2n) is 6.61. The van der Waals surface area contributed by atoms with E-state index in [9.17, 15) is 13.2 Å². The second-order valence-corrected chi connectivity index (χ2v) is 8.29. The Morgan fingerprint density at radius 3 is 2.35 bits per heavy atom. The molecule has 0 saturated carbocycles. The van der Waals surface area contributed by atoms with Gasteiger partial charge in [0.15, 0.2) is 11.5 Å². The van der Waals surface area contributed by atoms with Crippen molar-refractivity contribution in [1.29, 1.82) is 0 Å². The summed E-state index contributed by atoms with van der Waals surface area (Å²) in [6, 6.07) is 14.7. The average molecular weight is 442 g/mol. The number of hydrogen-bond donors (Lipinski definition) is 2. The fraction of sp³-hybridized carbons (Fsp3) is 0.182. The maximum atomic E-state index is 12.4. The first-order valence-electron chi connectivity index (χ1n) is 9.45. The van der Waals surface area contributed by atoms with E-state index >= 15 is 0 Å². The number of pyridine rings is 1. The summed E-state index contributed by atoms with van der Waals surface area (Å²) in [6.07, 6.45) is 3.76. The van der Waals surface area contributed by atoms with Gasteiger partial charge in [-0.05, 0) is 60.5 Å². The number of aryl methyl sites for hydroxylation is 1. The first kappa shape index (κ1) is 22.1. The Morgan fingerprint density at radius 1 is 0.968 bits per heavy atom. The molecule has 3 aromatic rings. The highest BCUT2D eigenvalue weighted by molar-refractivity contribution is 7.92. The Hall–Kier alpha value is -3.59. The van der Waals surface area contributed by atoms with Crippen molar-refractivity contribution in [1.82, 2.24) is 4.98 Å². The number of carbonyl (C=O) groups is 1. The number of rotatable bonds is 9. The Labute approximate surface area is 181 Å². The molecule has 3 rings (SSSR count). The predicted octanol–water partition coefficient (Wildman–Crippen LogP) is 3.47. The minimum Gasteiger partial charge on any atom is -0.493 e. The molecule has 0 saturated heterocycles. The van der Waals surface area contributed by atoms with E-state index in [1.165, 1.54) is 18.3 Å². The summed E-state index contributed by atoms with van der Waals surface area (Å²) < 4.78 is 37.8. The molecule has 31 heavy (non-hydrogen) atoms. The monoisotopic (exact) mass is 441 g/mol. The number of ether oxygens (including phenoxy) is 2. The fourth-order valence-electron chi connectivity index (χ4n) is 2.87. The van der Waals surface area contributed by atoms with Crippen LogP contribution >= 0.6 is 0 Å². The highest BCUT2D eigenvalue weighted by atomic mass is 32.2. The van der Waals surface area contributed by atoms with Gasteiger partial charge in [0, 0.05) is 18.3 Å². The highest BCUT2D eigenvalue weighted by Gasteiger charge is 2.14.